The summed E-state index contributed by atoms with van der Waals surface area (Å²) in [6.07, 6.45) is 0. The molecule has 0 atom stereocenters. The number of ether oxygens (including phenoxy) is 4. The van der Waals surface area contributed by atoms with Crippen molar-refractivity contribution in [3.05, 3.63) is 18.2 Å². The van der Waals surface area contributed by atoms with Gasteiger partial charge in [-0.1, -0.05) is 0 Å². The largest absolute Gasteiger partial charge is 0.492 e. The number of hydrogen-bond acceptors (Lipinski definition) is 6. The molecule has 144 valence electrons. The molecule has 0 bridgehead atoms. The number of nitrogens with zero attached hydrogens (tertiary/aromatic N) is 2. The molecule has 8 nitrogen and oxygen atoms in total. The van der Waals surface area contributed by atoms with Crippen molar-refractivity contribution in [3.63, 3.8) is 0 Å². The number of aliphatic imine (C=N–C) groups is 1. The summed E-state index contributed by atoms with van der Waals surface area (Å²) in [5.41, 5.74) is 0. The molecule has 2 aliphatic heterocycles. The third kappa shape index (κ3) is 5.67. The molecule has 0 unspecified atom stereocenters. The van der Waals surface area contributed by atoms with Gasteiger partial charge in [0.05, 0.1) is 26.3 Å². The van der Waals surface area contributed by atoms with Crippen molar-refractivity contribution >= 4 is 5.96 Å². The van der Waals surface area contributed by atoms with Gasteiger partial charge in [-0.05, 0) is 19.1 Å². The number of guanidine groups is 1. The van der Waals surface area contributed by atoms with Crippen LogP contribution in [0.1, 0.15) is 6.92 Å². The van der Waals surface area contributed by atoms with Crippen molar-refractivity contribution in [2.45, 2.75) is 6.92 Å². The lowest BCUT2D eigenvalue weighted by atomic mass is 10.3. The van der Waals surface area contributed by atoms with Gasteiger partial charge in [-0.25, -0.2) is 0 Å². The number of nitrogens with one attached hydrogen (secondary N) is 2. The third-order valence-corrected chi connectivity index (χ3v) is 4.14. The molecule has 3 rings (SSSR count). The van der Waals surface area contributed by atoms with Gasteiger partial charge in [-0.15, -0.1) is 0 Å². The smallest absolute Gasteiger partial charge is 0.231 e. The lowest BCUT2D eigenvalue weighted by Gasteiger charge is -2.25. The van der Waals surface area contributed by atoms with E-state index in [1.165, 1.54) is 0 Å². The fraction of sp³-hybridized carbons (Fsp3) is 0.611. The van der Waals surface area contributed by atoms with E-state index in [0.717, 1.165) is 69.1 Å². The molecule has 1 fully saturated rings. The maximum Gasteiger partial charge on any atom is 0.231 e. The highest BCUT2D eigenvalue weighted by molar-refractivity contribution is 5.79. The Labute approximate surface area is 154 Å². The van der Waals surface area contributed by atoms with Crippen molar-refractivity contribution in [1.82, 2.24) is 15.5 Å². The molecular weight excluding hydrogens is 336 g/mol. The Balaban J connectivity index is 1.36. The average molecular weight is 364 g/mol. The van der Waals surface area contributed by atoms with E-state index in [4.69, 9.17) is 18.9 Å². The summed E-state index contributed by atoms with van der Waals surface area (Å²) in [7, 11) is 0. The standard InChI is InChI=1S/C18H28N4O4/c1-2-19-18(20-5-7-22-8-11-23-12-9-22)21-6-10-24-15-3-4-16-17(13-15)26-14-25-16/h3-4,13H,2,5-12,14H2,1H3,(H2,19,20,21). The van der Waals surface area contributed by atoms with Crippen LogP contribution in [0, 0.1) is 0 Å². The molecular formula is C18H28N4O4. The van der Waals surface area contributed by atoms with Gasteiger partial charge >= 0.3 is 0 Å². The Hall–Kier alpha value is -2.19. The van der Waals surface area contributed by atoms with Crippen LogP contribution in [-0.4, -0.2) is 76.7 Å². The van der Waals surface area contributed by atoms with E-state index in [1.807, 2.05) is 18.2 Å². The van der Waals surface area contributed by atoms with E-state index in [-0.39, 0.29) is 6.79 Å². The summed E-state index contributed by atoms with van der Waals surface area (Å²) in [6, 6.07) is 5.60. The summed E-state index contributed by atoms with van der Waals surface area (Å²) >= 11 is 0. The number of rotatable bonds is 8. The quantitative estimate of drug-likeness (QED) is 0.399. The van der Waals surface area contributed by atoms with Gasteiger partial charge in [-0.3, -0.25) is 9.89 Å². The first-order valence-corrected chi connectivity index (χ1v) is 9.20. The van der Waals surface area contributed by atoms with Crippen molar-refractivity contribution in [2.75, 3.05) is 65.9 Å². The molecule has 2 heterocycles. The molecule has 0 saturated carbocycles. The van der Waals surface area contributed by atoms with E-state index in [2.05, 4.69) is 27.4 Å². The third-order valence-electron chi connectivity index (χ3n) is 4.14. The monoisotopic (exact) mass is 364 g/mol. The Kier molecular flexibility index (Phi) is 7.21. The molecule has 0 radical (unpaired) electrons. The van der Waals surface area contributed by atoms with Crippen LogP contribution in [0.15, 0.2) is 23.2 Å². The number of benzene rings is 1. The second-order valence-electron chi connectivity index (χ2n) is 6.00. The van der Waals surface area contributed by atoms with Crippen LogP contribution in [-0.2, 0) is 4.74 Å². The van der Waals surface area contributed by atoms with Gasteiger partial charge in [0.1, 0.15) is 12.4 Å². The fourth-order valence-corrected chi connectivity index (χ4v) is 2.77. The van der Waals surface area contributed by atoms with Crippen LogP contribution in [0.5, 0.6) is 17.2 Å². The SMILES string of the molecule is CCNC(=NCCN1CCOCC1)NCCOc1ccc2c(c1)OCO2. The summed E-state index contributed by atoms with van der Waals surface area (Å²) in [5, 5.41) is 6.55. The summed E-state index contributed by atoms with van der Waals surface area (Å²) in [6.45, 7) is 9.68. The van der Waals surface area contributed by atoms with E-state index in [0.29, 0.717) is 13.2 Å². The molecule has 2 N–H and O–H groups in total. The van der Waals surface area contributed by atoms with Crippen molar-refractivity contribution < 1.29 is 18.9 Å². The number of fused-ring (bicyclic) bond motifs is 1. The highest BCUT2D eigenvalue weighted by Crippen LogP contribution is 2.34. The first kappa shape index (κ1) is 18.6. The molecule has 1 saturated heterocycles. The lowest BCUT2D eigenvalue weighted by molar-refractivity contribution is 0.0394. The molecule has 0 spiro atoms. The Morgan fingerprint density at radius 2 is 2.04 bits per heavy atom. The van der Waals surface area contributed by atoms with E-state index in [9.17, 15) is 0 Å². The fourth-order valence-electron chi connectivity index (χ4n) is 2.77. The summed E-state index contributed by atoms with van der Waals surface area (Å²) in [5.74, 6) is 3.08. The first-order valence-electron chi connectivity index (χ1n) is 9.20. The second-order valence-corrected chi connectivity index (χ2v) is 6.00. The second kappa shape index (κ2) is 10.1. The normalized spacial score (nSPS) is 17.2. The Morgan fingerprint density at radius 3 is 2.88 bits per heavy atom. The molecule has 0 amide bonds. The van der Waals surface area contributed by atoms with Gasteiger partial charge in [-0.2, -0.15) is 0 Å². The highest BCUT2D eigenvalue weighted by atomic mass is 16.7. The highest BCUT2D eigenvalue weighted by Gasteiger charge is 2.13. The lowest BCUT2D eigenvalue weighted by Crippen LogP contribution is -2.41. The van der Waals surface area contributed by atoms with Gasteiger partial charge in [0.25, 0.3) is 0 Å². The van der Waals surface area contributed by atoms with E-state index < -0.39 is 0 Å². The molecule has 2 aliphatic rings. The van der Waals surface area contributed by atoms with Crippen LogP contribution in [0.3, 0.4) is 0 Å². The van der Waals surface area contributed by atoms with Crippen LogP contribution < -0.4 is 24.8 Å². The van der Waals surface area contributed by atoms with E-state index >= 15 is 0 Å². The van der Waals surface area contributed by atoms with Crippen molar-refractivity contribution in [3.8, 4) is 17.2 Å². The number of hydrogen-bond donors (Lipinski definition) is 2. The minimum atomic E-state index is 0.271. The zero-order chi connectivity index (χ0) is 18.0. The molecule has 1 aromatic carbocycles. The zero-order valence-electron chi connectivity index (χ0n) is 15.3. The molecule has 26 heavy (non-hydrogen) atoms. The minimum Gasteiger partial charge on any atom is -0.492 e. The molecule has 1 aromatic rings. The summed E-state index contributed by atoms with van der Waals surface area (Å²) < 4.78 is 21.8. The van der Waals surface area contributed by atoms with Gasteiger partial charge < -0.3 is 29.6 Å². The van der Waals surface area contributed by atoms with Gasteiger partial charge in [0.2, 0.25) is 6.79 Å². The van der Waals surface area contributed by atoms with Crippen LogP contribution >= 0.6 is 0 Å². The maximum absolute atomic E-state index is 5.76. The first-order chi connectivity index (χ1) is 12.8. The molecule has 0 aliphatic carbocycles. The topological polar surface area (TPSA) is 76.6 Å². The van der Waals surface area contributed by atoms with Crippen molar-refractivity contribution in [2.24, 2.45) is 4.99 Å². The van der Waals surface area contributed by atoms with Gasteiger partial charge in [0, 0.05) is 32.2 Å². The summed E-state index contributed by atoms with van der Waals surface area (Å²) in [4.78, 5) is 6.99. The minimum absolute atomic E-state index is 0.271. The Bertz CT molecular complexity index is 591. The average Bonchev–Trinajstić information content (AvgIpc) is 3.14. The van der Waals surface area contributed by atoms with Gasteiger partial charge in [0.15, 0.2) is 17.5 Å². The predicted molar refractivity (Wildman–Crippen MR) is 99.3 cm³/mol. The van der Waals surface area contributed by atoms with Crippen LogP contribution in [0.25, 0.3) is 0 Å². The van der Waals surface area contributed by atoms with Crippen LogP contribution in [0.4, 0.5) is 0 Å². The predicted octanol–water partition coefficient (Wildman–Crippen LogP) is 0.681. The van der Waals surface area contributed by atoms with Crippen LogP contribution in [0.2, 0.25) is 0 Å². The zero-order valence-corrected chi connectivity index (χ0v) is 15.3. The molecule has 8 heteroatoms. The molecule has 0 aromatic heterocycles. The van der Waals surface area contributed by atoms with E-state index in [1.54, 1.807) is 0 Å². The number of morpholine rings is 1. The van der Waals surface area contributed by atoms with Crippen molar-refractivity contribution in [1.29, 1.82) is 0 Å². The Morgan fingerprint density at radius 1 is 1.19 bits per heavy atom. The maximum atomic E-state index is 5.76.